The molecule has 1 fully saturated rings. The molecule has 0 bridgehead atoms. The molecule has 128 valence electrons. The van der Waals surface area contributed by atoms with Gasteiger partial charge in [0.15, 0.2) is 0 Å². The van der Waals surface area contributed by atoms with Gasteiger partial charge in [-0.3, -0.25) is 9.69 Å². The van der Waals surface area contributed by atoms with Crippen molar-refractivity contribution in [3.63, 3.8) is 0 Å². The molecule has 1 heterocycles. The summed E-state index contributed by atoms with van der Waals surface area (Å²) in [6.07, 6.45) is 0. The maximum absolute atomic E-state index is 13.7. The van der Waals surface area contributed by atoms with Crippen molar-refractivity contribution in [3.8, 4) is 0 Å². The van der Waals surface area contributed by atoms with Crippen molar-refractivity contribution in [1.82, 2.24) is 14.5 Å². The predicted octanol–water partition coefficient (Wildman–Crippen LogP) is 0.407. The zero-order valence-electron chi connectivity index (χ0n) is 12.8. The van der Waals surface area contributed by atoms with Gasteiger partial charge in [0.25, 0.3) is 0 Å². The van der Waals surface area contributed by atoms with Crippen molar-refractivity contribution in [2.24, 2.45) is 0 Å². The topological polar surface area (TPSA) is 69.7 Å². The van der Waals surface area contributed by atoms with Crippen molar-refractivity contribution in [1.29, 1.82) is 0 Å². The van der Waals surface area contributed by atoms with Crippen molar-refractivity contribution < 1.29 is 22.0 Å². The van der Waals surface area contributed by atoms with Crippen LogP contribution in [0.5, 0.6) is 0 Å². The van der Waals surface area contributed by atoms with Crippen molar-refractivity contribution in [3.05, 3.63) is 29.8 Å². The lowest BCUT2D eigenvalue weighted by atomic mass is 10.3. The van der Waals surface area contributed by atoms with E-state index < -0.39 is 26.6 Å². The Kier molecular flexibility index (Phi) is 5.66. The third kappa shape index (κ3) is 4.24. The highest BCUT2D eigenvalue weighted by Gasteiger charge is 2.31. The van der Waals surface area contributed by atoms with Crippen molar-refractivity contribution in [2.45, 2.75) is 11.8 Å². The highest BCUT2D eigenvalue weighted by Crippen LogP contribution is 2.21. The molecule has 1 saturated heterocycles. The molecule has 1 N–H and O–H groups in total. The second-order valence-electron chi connectivity index (χ2n) is 5.21. The number of hydrogen-bond donors (Lipinski definition) is 1. The number of halogens is 2. The average Bonchev–Trinajstić information content (AvgIpc) is 2.50. The molecule has 0 aromatic heterocycles. The largest absolute Gasteiger partial charge is 0.355 e. The van der Waals surface area contributed by atoms with Crippen LogP contribution in [0.25, 0.3) is 0 Å². The van der Waals surface area contributed by atoms with Gasteiger partial charge in [0.05, 0.1) is 6.54 Å². The minimum absolute atomic E-state index is 0.123. The normalized spacial score (nSPS) is 17.2. The standard InChI is InChI=1S/C14H19F2N3O3S/c1-2-17-14(20)10-18-5-7-19(8-6-18)23(21,22)13-9-11(15)3-4-12(13)16/h3-4,9H,2,5-8,10H2,1H3,(H,17,20). The summed E-state index contributed by atoms with van der Waals surface area (Å²) in [7, 11) is -4.09. The SMILES string of the molecule is CCNC(=O)CN1CCN(S(=O)(=O)c2cc(F)ccc2F)CC1. The lowest BCUT2D eigenvalue weighted by Gasteiger charge is -2.33. The maximum Gasteiger partial charge on any atom is 0.246 e. The number of nitrogens with one attached hydrogen (secondary N) is 1. The number of carbonyl (C=O) groups is 1. The summed E-state index contributed by atoms with van der Waals surface area (Å²) in [6, 6.07) is 2.36. The van der Waals surface area contributed by atoms with Crippen LogP contribution in [0.15, 0.2) is 23.1 Å². The minimum atomic E-state index is -4.09. The van der Waals surface area contributed by atoms with E-state index in [2.05, 4.69) is 5.32 Å². The zero-order chi connectivity index (χ0) is 17.0. The lowest BCUT2D eigenvalue weighted by Crippen LogP contribution is -2.51. The van der Waals surface area contributed by atoms with Crippen molar-refractivity contribution >= 4 is 15.9 Å². The second-order valence-corrected chi connectivity index (χ2v) is 7.11. The summed E-state index contributed by atoms with van der Waals surface area (Å²) < 4.78 is 52.9. The van der Waals surface area contributed by atoms with Crippen LogP contribution in [-0.4, -0.2) is 62.8 Å². The first kappa shape index (κ1) is 17.8. The van der Waals surface area contributed by atoms with Crippen LogP contribution in [-0.2, 0) is 14.8 Å². The number of carbonyl (C=O) groups excluding carboxylic acids is 1. The molecule has 1 aliphatic heterocycles. The molecule has 23 heavy (non-hydrogen) atoms. The Labute approximate surface area is 134 Å². The fraction of sp³-hybridized carbons (Fsp3) is 0.500. The van der Waals surface area contributed by atoms with E-state index in [4.69, 9.17) is 0 Å². The summed E-state index contributed by atoms with van der Waals surface area (Å²) >= 11 is 0. The Balaban J connectivity index is 2.04. The van der Waals surface area contributed by atoms with Gasteiger partial charge in [0.2, 0.25) is 15.9 Å². The summed E-state index contributed by atoms with van der Waals surface area (Å²) in [5, 5.41) is 2.67. The molecule has 0 saturated carbocycles. The smallest absolute Gasteiger partial charge is 0.246 e. The van der Waals surface area contributed by atoms with Gasteiger partial charge in [0.1, 0.15) is 16.5 Å². The van der Waals surface area contributed by atoms with E-state index >= 15 is 0 Å². The van der Waals surface area contributed by atoms with Gasteiger partial charge in [-0.1, -0.05) is 0 Å². The molecular formula is C14H19F2N3O3S. The van der Waals surface area contributed by atoms with Crippen LogP contribution >= 0.6 is 0 Å². The van der Waals surface area contributed by atoms with Gasteiger partial charge >= 0.3 is 0 Å². The average molecular weight is 347 g/mol. The maximum atomic E-state index is 13.7. The Morgan fingerprint density at radius 2 is 1.87 bits per heavy atom. The fourth-order valence-electron chi connectivity index (χ4n) is 2.40. The molecule has 0 unspecified atom stereocenters. The highest BCUT2D eigenvalue weighted by atomic mass is 32.2. The Morgan fingerprint density at radius 3 is 2.48 bits per heavy atom. The quantitative estimate of drug-likeness (QED) is 0.838. The van der Waals surface area contributed by atoms with E-state index in [1.807, 2.05) is 11.8 Å². The van der Waals surface area contributed by atoms with E-state index in [1.165, 1.54) is 0 Å². The van der Waals surface area contributed by atoms with Crippen LogP contribution in [0.2, 0.25) is 0 Å². The first-order valence-corrected chi connectivity index (χ1v) is 8.73. The van der Waals surface area contributed by atoms with Crippen LogP contribution < -0.4 is 5.32 Å². The van der Waals surface area contributed by atoms with Crippen LogP contribution in [0.4, 0.5) is 8.78 Å². The molecule has 1 aliphatic rings. The molecule has 6 nitrogen and oxygen atoms in total. The van der Waals surface area contributed by atoms with E-state index in [0.717, 1.165) is 16.4 Å². The highest BCUT2D eigenvalue weighted by molar-refractivity contribution is 7.89. The van der Waals surface area contributed by atoms with Gasteiger partial charge in [-0.15, -0.1) is 0 Å². The number of nitrogens with zero attached hydrogens (tertiary/aromatic N) is 2. The molecule has 1 aromatic rings. The monoisotopic (exact) mass is 347 g/mol. The number of benzene rings is 1. The summed E-state index contributed by atoms with van der Waals surface area (Å²) in [4.78, 5) is 12.7. The summed E-state index contributed by atoms with van der Waals surface area (Å²) in [5.41, 5.74) is 0. The third-order valence-electron chi connectivity index (χ3n) is 3.58. The Hall–Kier alpha value is -1.58. The number of likely N-dealkylation sites (N-methyl/N-ethyl adjacent to an activating group) is 1. The Morgan fingerprint density at radius 1 is 1.22 bits per heavy atom. The first-order chi connectivity index (χ1) is 10.8. The summed E-state index contributed by atoms with van der Waals surface area (Å²) in [5.74, 6) is -1.91. The molecule has 1 aromatic carbocycles. The Bertz CT molecular complexity index is 674. The predicted molar refractivity (Wildman–Crippen MR) is 80.2 cm³/mol. The molecular weight excluding hydrogens is 328 g/mol. The van der Waals surface area contributed by atoms with Gasteiger partial charge in [-0.2, -0.15) is 4.31 Å². The molecule has 2 rings (SSSR count). The number of piperazine rings is 1. The van der Waals surface area contributed by atoms with Gasteiger partial charge in [-0.05, 0) is 25.1 Å². The molecule has 9 heteroatoms. The van der Waals surface area contributed by atoms with Gasteiger partial charge < -0.3 is 5.32 Å². The summed E-state index contributed by atoms with van der Waals surface area (Å²) in [6.45, 7) is 3.49. The van der Waals surface area contributed by atoms with E-state index in [0.29, 0.717) is 25.7 Å². The number of rotatable bonds is 5. The number of amides is 1. The zero-order valence-corrected chi connectivity index (χ0v) is 13.6. The molecule has 0 atom stereocenters. The molecule has 0 radical (unpaired) electrons. The van der Waals surface area contributed by atoms with Crippen LogP contribution in [0, 0.1) is 11.6 Å². The van der Waals surface area contributed by atoms with Crippen molar-refractivity contribution in [2.75, 3.05) is 39.3 Å². The van der Waals surface area contributed by atoms with E-state index in [1.54, 1.807) is 0 Å². The second kappa shape index (κ2) is 7.33. The van der Waals surface area contributed by atoms with E-state index in [9.17, 15) is 22.0 Å². The minimum Gasteiger partial charge on any atom is -0.355 e. The van der Waals surface area contributed by atoms with Crippen LogP contribution in [0.1, 0.15) is 6.92 Å². The molecule has 1 amide bonds. The first-order valence-electron chi connectivity index (χ1n) is 7.29. The third-order valence-corrected chi connectivity index (χ3v) is 5.50. The van der Waals surface area contributed by atoms with E-state index in [-0.39, 0.29) is 25.5 Å². The number of sulfonamides is 1. The van der Waals surface area contributed by atoms with Gasteiger partial charge in [0, 0.05) is 32.7 Å². The van der Waals surface area contributed by atoms with Crippen LogP contribution in [0.3, 0.4) is 0 Å². The number of hydrogen-bond acceptors (Lipinski definition) is 4. The molecule has 0 spiro atoms. The fourth-order valence-corrected chi connectivity index (χ4v) is 3.90. The van der Waals surface area contributed by atoms with Gasteiger partial charge in [-0.25, -0.2) is 17.2 Å². The molecule has 0 aliphatic carbocycles. The lowest BCUT2D eigenvalue weighted by molar-refractivity contribution is -0.122.